The van der Waals surface area contributed by atoms with Crippen LogP contribution >= 0.6 is 0 Å². The normalized spacial score (nSPS) is 44.7. The van der Waals surface area contributed by atoms with E-state index in [1.807, 2.05) is 0 Å². The molecule has 1 amide bonds. The molecule has 2 atom stereocenters. The SMILES string of the molecule is CC1(C)CC2(C)CN3C(=O)CC=CC3(C1)C2. The van der Waals surface area contributed by atoms with Crippen LogP contribution < -0.4 is 0 Å². The third-order valence-electron chi connectivity index (χ3n) is 4.52. The van der Waals surface area contributed by atoms with Gasteiger partial charge in [0.15, 0.2) is 0 Å². The van der Waals surface area contributed by atoms with Crippen molar-refractivity contribution in [2.75, 3.05) is 6.54 Å². The third kappa shape index (κ3) is 1.28. The Hall–Kier alpha value is -0.790. The Morgan fingerprint density at radius 1 is 1.19 bits per heavy atom. The van der Waals surface area contributed by atoms with Crippen molar-refractivity contribution in [2.24, 2.45) is 10.8 Å². The van der Waals surface area contributed by atoms with Gasteiger partial charge < -0.3 is 4.90 Å². The topological polar surface area (TPSA) is 20.3 Å². The van der Waals surface area contributed by atoms with Crippen molar-refractivity contribution >= 4 is 5.91 Å². The molecule has 1 saturated carbocycles. The summed E-state index contributed by atoms with van der Waals surface area (Å²) in [6.45, 7) is 8.03. The second-order valence-corrected chi connectivity index (χ2v) is 7.20. The number of nitrogens with zero attached hydrogens (tertiary/aromatic N) is 1. The number of hydrogen-bond acceptors (Lipinski definition) is 1. The summed E-state index contributed by atoms with van der Waals surface area (Å²) in [5.74, 6) is 0.337. The number of amides is 1. The molecule has 2 aliphatic heterocycles. The predicted molar refractivity (Wildman–Crippen MR) is 63.9 cm³/mol. The van der Waals surface area contributed by atoms with Crippen molar-refractivity contribution in [2.45, 2.75) is 52.0 Å². The summed E-state index contributed by atoms with van der Waals surface area (Å²) >= 11 is 0. The monoisotopic (exact) mass is 219 g/mol. The smallest absolute Gasteiger partial charge is 0.227 e. The van der Waals surface area contributed by atoms with E-state index < -0.39 is 0 Å². The Bertz CT molecular complexity index is 384. The third-order valence-corrected chi connectivity index (χ3v) is 4.52. The van der Waals surface area contributed by atoms with Crippen LogP contribution in [0.3, 0.4) is 0 Å². The minimum Gasteiger partial charge on any atom is -0.333 e. The fraction of sp³-hybridized carbons (Fsp3) is 0.786. The molecule has 3 rings (SSSR count). The summed E-state index contributed by atoms with van der Waals surface area (Å²) in [5, 5.41) is 0. The maximum Gasteiger partial charge on any atom is 0.227 e. The van der Waals surface area contributed by atoms with Crippen molar-refractivity contribution in [3.8, 4) is 0 Å². The maximum absolute atomic E-state index is 12.0. The number of carbonyl (C=O) groups is 1. The van der Waals surface area contributed by atoms with Crippen LogP contribution in [0, 0.1) is 10.8 Å². The Morgan fingerprint density at radius 2 is 1.94 bits per heavy atom. The molecular weight excluding hydrogens is 198 g/mol. The van der Waals surface area contributed by atoms with Gasteiger partial charge in [-0.05, 0) is 30.1 Å². The van der Waals surface area contributed by atoms with E-state index in [-0.39, 0.29) is 5.54 Å². The van der Waals surface area contributed by atoms with E-state index in [9.17, 15) is 4.79 Å². The van der Waals surface area contributed by atoms with Crippen LogP contribution in [0.2, 0.25) is 0 Å². The van der Waals surface area contributed by atoms with Gasteiger partial charge in [0.25, 0.3) is 0 Å². The number of rotatable bonds is 0. The molecule has 2 heterocycles. The van der Waals surface area contributed by atoms with E-state index in [1.54, 1.807) is 0 Å². The van der Waals surface area contributed by atoms with Crippen molar-refractivity contribution in [1.82, 2.24) is 4.90 Å². The van der Waals surface area contributed by atoms with E-state index in [0.717, 1.165) is 13.0 Å². The molecule has 2 bridgehead atoms. The summed E-state index contributed by atoms with van der Waals surface area (Å²) in [6, 6.07) is 0. The summed E-state index contributed by atoms with van der Waals surface area (Å²) in [6.07, 6.45) is 8.58. The molecule has 0 aromatic heterocycles. The maximum atomic E-state index is 12.0. The highest BCUT2D eigenvalue weighted by molar-refractivity contribution is 5.81. The molecule has 2 nitrogen and oxygen atoms in total. The van der Waals surface area contributed by atoms with Gasteiger partial charge in [-0.1, -0.05) is 32.9 Å². The second-order valence-electron chi connectivity index (χ2n) is 7.20. The first-order chi connectivity index (χ1) is 7.34. The van der Waals surface area contributed by atoms with Crippen LogP contribution in [-0.2, 0) is 4.79 Å². The van der Waals surface area contributed by atoms with Gasteiger partial charge >= 0.3 is 0 Å². The number of fused-ring (bicyclic) bond motifs is 1. The minimum absolute atomic E-state index is 0.0613. The van der Waals surface area contributed by atoms with Crippen LogP contribution in [0.15, 0.2) is 12.2 Å². The number of hydrogen-bond donors (Lipinski definition) is 0. The summed E-state index contributed by atoms with van der Waals surface area (Å²) in [7, 11) is 0. The molecular formula is C14H21NO. The Labute approximate surface area is 97.7 Å². The molecule has 0 aromatic rings. The van der Waals surface area contributed by atoms with Crippen molar-refractivity contribution in [3.63, 3.8) is 0 Å². The highest BCUT2D eigenvalue weighted by atomic mass is 16.2. The zero-order valence-corrected chi connectivity index (χ0v) is 10.5. The lowest BCUT2D eigenvalue weighted by Gasteiger charge is -2.47. The van der Waals surface area contributed by atoms with Crippen LogP contribution in [-0.4, -0.2) is 22.9 Å². The molecule has 1 spiro atoms. The minimum atomic E-state index is 0.0613. The van der Waals surface area contributed by atoms with Gasteiger partial charge in [0.1, 0.15) is 0 Å². The summed E-state index contributed by atoms with van der Waals surface area (Å²) < 4.78 is 0. The van der Waals surface area contributed by atoms with Gasteiger partial charge in [-0.15, -0.1) is 0 Å². The molecule has 3 aliphatic rings. The van der Waals surface area contributed by atoms with Gasteiger partial charge in [0, 0.05) is 13.0 Å². The molecule has 0 aromatic carbocycles. The van der Waals surface area contributed by atoms with Gasteiger partial charge in [-0.25, -0.2) is 0 Å². The van der Waals surface area contributed by atoms with Gasteiger partial charge in [0.2, 0.25) is 5.91 Å². The zero-order valence-electron chi connectivity index (χ0n) is 10.5. The highest BCUT2D eigenvalue weighted by Crippen LogP contribution is 2.59. The van der Waals surface area contributed by atoms with E-state index in [0.29, 0.717) is 23.2 Å². The van der Waals surface area contributed by atoms with E-state index in [4.69, 9.17) is 0 Å². The van der Waals surface area contributed by atoms with Gasteiger partial charge in [0.05, 0.1) is 5.54 Å². The van der Waals surface area contributed by atoms with Crippen LogP contribution in [0.5, 0.6) is 0 Å². The molecule has 88 valence electrons. The van der Waals surface area contributed by atoms with Crippen molar-refractivity contribution in [1.29, 1.82) is 0 Å². The zero-order chi connectivity index (χ0) is 11.6. The van der Waals surface area contributed by atoms with Gasteiger partial charge in [-0.2, -0.15) is 0 Å². The average Bonchev–Trinajstić information content (AvgIpc) is 2.31. The lowest BCUT2D eigenvalue weighted by molar-refractivity contribution is -0.134. The van der Waals surface area contributed by atoms with Crippen LogP contribution in [0.25, 0.3) is 0 Å². The fourth-order valence-corrected chi connectivity index (χ4v) is 4.79. The first kappa shape index (κ1) is 10.4. The largest absolute Gasteiger partial charge is 0.333 e. The van der Waals surface area contributed by atoms with Crippen LogP contribution in [0.4, 0.5) is 0 Å². The van der Waals surface area contributed by atoms with E-state index in [1.165, 1.54) is 12.8 Å². The first-order valence-corrected chi connectivity index (χ1v) is 6.33. The molecule has 1 saturated heterocycles. The predicted octanol–water partition coefficient (Wildman–Crippen LogP) is 2.74. The summed E-state index contributed by atoms with van der Waals surface area (Å²) in [5.41, 5.74) is 0.766. The lowest BCUT2D eigenvalue weighted by Crippen LogP contribution is -2.50. The van der Waals surface area contributed by atoms with E-state index in [2.05, 4.69) is 37.8 Å². The Morgan fingerprint density at radius 3 is 2.69 bits per heavy atom. The van der Waals surface area contributed by atoms with Gasteiger partial charge in [-0.3, -0.25) is 4.79 Å². The molecule has 2 unspecified atom stereocenters. The highest BCUT2D eigenvalue weighted by Gasteiger charge is 2.59. The average molecular weight is 219 g/mol. The molecule has 0 radical (unpaired) electrons. The Balaban J connectivity index is 2.08. The molecule has 0 N–H and O–H groups in total. The lowest BCUT2D eigenvalue weighted by atomic mass is 9.60. The summed E-state index contributed by atoms with van der Waals surface area (Å²) in [4.78, 5) is 14.2. The van der Waals surface area contributed by atoms with E-state index >= 15 is 0 Å². The second kappa shape index (κ2) is 2.72. The molecule has 2 heteroatoms. The Kier molecular flexibility index (Phi) is 1.76. The van der Waals surface area contributed by atoms with Crippen molar-refractivity contribution in [3.05, 3.63) is 12.2 Å². The molecule has 1 aliphatic carbocycles. The standard InChI is InChI=1S/C14H21NO/c1-12(2)7-13(3)9-14(8-12)6-4-5-11(16)15(14)10-13/h4,6H,5,7-10H2,1-3H3. The van der Waals surface area contributed by atoms with Crippen molar-refractivity contribution < 1.29 is 4.79 Å². The molecule has 16 heavy (non-hydrogen) atoms. The quantitative estimate of drug-likeness (QED) is 0.574. The fourth-order valence-electron chi connectivity index (χ4n) is 4.79. The number of carbonyl (C=O) groups excluding carboxylic acids is 1. The first-order valence-electron chi connectivity index (χ1n) is 6.33. The molecule has 2 fully saturated rings. The van der Waals surface area contributed by atoms with Crippen LogP contribution in [0.1, 0.15) is 46.5 Å².